The first-order chi connectivity index (χ1) is 28.0. The molecule has 4 saturated carbocycles. The van der Waals surface area contributed by atoms with E-state index in [2.05, 4.69) is 30.0 Å². The highest BCUT2D eigenvalue weighted by Gasteiger charge is 2.30. The molecule has 12 heteroatoms. The first-order valence-electron chi connectivity index (χ1n) is 20.6. The van der Waals surface area contributed by atoms with Crippen LogP contribution in [0.15, 0.2) is 78.5 Å². The minimum absolute atomic E-state index is 0.198. The Morgan fingerprint density at radius 1 is 0.456 bits per heavy atom. The molecule has 0 amide bonds. The van der Waals surface area contributed by atoms with Gasteiger partial charge in [-0.05, 0) is 162 Å². The Hall–Kier alpha value is -5.28. The van der Waals surface area contributed by atoms with E-state index in [1.807, 2.05) is 30.3 Å². The van der Waals surface area contributed by atoms with Gasteiger partial charge in [0.2, 0.25) is 36.5 Å². The van der Waals surface area contributed by atoms with Crippen LogP contribution in [0.25, 0.3) is 0 Å². The first-order valence-corrected chi connectivity index (χ1v) is 20.6. The van der Waals surface area contributed by atoms with Gasteiger partial charge < -0.3 is 0 Å². The normalized spacial score (nSPS) is 26.4. The Morgan fingerprint density at radius 2 is 0.930 bits per heavy atom. The molecule has 57 heavy (non-hydrogen) atoms. The van der Waals surface area contributed by atoms with E-state index < -0.39 is 0 Å². The topological polar surface area (TPSA) is 177 Å². The summed E-state index contributed by atoms with van der Waals surface area (Å²) >= 11 is 0. The van der Waals surface area contributed by atoms with Crippen LogP contribution >= 0.6 is 0 Å². The van der Waals surface area contributed by atoms with Crippen molar-refractivity contribution in [3.63, 3.8) is 0 Å². The molecule has 0 aromatic heterocycles. The molecule has 0 aliphatic heterocycles. The summed E-state index contributed by atoms with van der Waals surface area (Å²) in [5.74, 6) is 2.88. The standard InChI is InChI=1S/2C15H22N2O2.C15H10N2O2/c18-10-16-14-5-1-12(2-6-14)9-13-3-7-15(8-4-13)17-11-19;2*18-10-16-14-7-5-12(6-8-14)9-13-3-1-2-4-15(13)17-11-19/h2*12-15H,1-9H2;1-8H,9H2. The van der Waals surface area contributed by atoms with Crippen LogP contribution in [0.3, 0.4) is 0 Å². The average Bonchev–Trinajstić information content (AvgIpc) is 3.23. The second kappa shape index (κ2) is 25.8. The highest BCUT2D eigenvalue weighted by Crippen LogP contribution is 2.38. The van der Waals surface area contributed by atoms with Gasteiger partial charge in [-0.3, -0.25) is 0 Å². The van der Waals surface area contributed by atoms with Gasteiger partial charge in [-0.2, -0.15) is 9.98 Å². The third kappa shape index (κ3) is 16.0. The molecule has 2 aromatic rings. The number of benzene rings is 2. The van der Waals surface area contributed by atoms with Gasteiger partial charge in [-0.1, -0.05) is 43.2 Å². The van der Waals surface area contributed by atoms with Crippen LogP contribution in [-0.4, -0.2) is 60.6 Å². The summed E-state index contributed by atoms with van der Waals surface area (Å²) in [4.78, 5) is 84.4. The smallest absolute Gasteiger partial charge is 0.211 e. The highest BCUT2D eigenvalue weighted by atomic mass is 16.1. The maximum Gasteiger partial charge on any atom is 0.240 e. The fourth-order valence-corrected chi connectivity index (χ4v) is 9.13. The van der Waals surface area contributed by atoms with Gasteiger partial charge in [-0.25, -0.2) is 48.7 Å². The van der Waals surface area contributed by atoms with E-state index in [1.54, 1.807) is 48.6 Å². The van der Waals surface area contributed by atoms with E-state index >= 15 is 0 Å². The van der Waals surface area contributed by atoms with Crippen molar-refractivity contribution >= 4 is 47.9 Å². The van der Waals surface area contributed by atoms with Crippen molar-refractivity contribution < 1.29 is 28.8 Å². The van der Waals surface area contributed by atoms with E-state index in [0.717, 1.165) is 80.8 Å². The average molecular weight is 775 g/mol. The number of hydrogen-bond donors (Lipinski definition) is 0. The van der Waals surface area contributed by atoms with E-state index in [-0.39, 0.29) is 24.2 Å². The molecule has 0 spiro atoms. The van der Waals surface area contributed by atoms with Crippen LogP contribution in [0, 0.1) is 23.7 Å². The van der Waals surface area contributed by atoms with Crippen LogP contribution in [-0.2, 0) is 35.2 Å². The molecule has 6 rings (SSSR count). The van der Waals surface area contributed by atoms with Gasteiger partial charge >= 0.3 is 0 Å². The first kappa shape index (κ1) is 44.4. The number of nitrogens with zero attached hydrogens (tertiary/aromatic N) is 6. The molecule has 4 fully saturated rings. The van der Waals surface area contributed by atoms with Crippen LogP contribution in [0.1, 0.15) is 127 Å². The molecule has 0 N–H and O–H groups in total. The van der Waals surface area contributed by atoms with Gasteiger partial charge in [0.1, 0.15) is 0 Å². The van der Waals surface area contributed by atoms with Gasteiger partial charge in [-0.15, -0.1) is 0 Å². The zero-order chi connectivity index (χ0) is 40.5. The second-order valence-corrected chi connectivity index (χ2v) is 15.9. The molecule has 12 nitrogen and oxygen atoms in total. The van der Waals surface area contributed by atoms with Gasteiger partial charge in [0.25, 0.3) is 0 Å². The summed E-state index contributed by atoms with van der Waals surface area (Å²) in [5.41, 5.74) is 3.17. The highest BCUT2D eigenvalue weighted by molar-refractivity contribution is 5.55. The van der Waals surface area contributed by atoms with E-state index in [9.17, 15) is 28.8 Å². The Bertz CT molecular complexity index is 1790. The van der Waals surface area contributed by atoms with Gasteiger partial charge in [0, 0.05) is 0 Å². The number of aliphatic imine (C=N–C) groups is 6. The quantitative estimate of drug-likeness (QED) is 0.153. The summed E-state index contributed by atoms with van der Waals surface area (Å²) in [6, 6.07) is 15.5. The maximum atomic E-state index is 10.5. The molecular formula is C45H54N6O6. The summed E-state index contributed by atoms with van der Waals surface area (Å²) in [6.07, 6.45) is 30.9. The van der Waals surface area contributed by atoms with Crippen molar-refractivity contribution in [2.24, 2.45) is 53.6 Å². The molecule has 2 unspecified atom stereocenters. The van der Waals surface area contributed by atoms with Crippen molar-refractivity contribution in [1.82, 2.24) is 0 Å². The van der Waals surface area contributed by atoms with E-state index in [0.29, 0.717) is 29.6 Å². The van der Waals surface area contributed by atoms with Crippen molar-refractivity contribution in [2.75, 3.05) is 0 Å². The molecule has 300 valence electrons. The number of isocyanates is 6. The molecule has 0 radical (unpaired) electrons. The second-order valence-electron chi connectivity index (χ2n) is 15.9. The SMILES string of the molecule is O=C=NC1CCC(CC2CCC(N=C=O)CC2)CC1.O=C=NC1CCC(CC2CCCCC2N=C=O)CC1.O=C=Nc1ccc(Cc2ccccc2N=C=O)cc1. The lowest BCUT2D eigenvalue weighted by Crippen LogP contribution is -2.27. The van der Waals surface area contributed by atoms with Crippen molar-refractivity contribution in [3.05, 3.63) is 59.7 Å². The van der Waals surface area contributed by atoms with Crippen LogP contribution in [0.2, 0.25) is 0 Å². The Morgan fingerprint density at radius 3 is 1.42 bits per heavy atom. The lowest BCUT2D eigenvalue weighted by atomic mass is 9.75. The van der Waals surface area contributed by atoms with Crippen molar-refractivity contribution in [1.29, 1.82) is 0 Å². The number of rotatable bonds is 12. The van der Waals surface area contributed by atoms with Crippen molar-refractivity contribution in [3.8, 4) is 0 Å². The molecule has 4 aliphatic rings. The molecule has 0 heterocycles. The van der Waals surface area contributed by atoms with Crippen LogP contribution < -0.4 is 0 Å². The summed E-state index contributed by atoms with van der Waals surface area (Å²) in [6.45, 7) is 0. The van der Waals surface area contributed by atoms with E-state index in [1.165, 1.54) is 63.9 Å². The van der Waals surface area contributed by atoms with Crippen LogP contribution in [0.4, 0.5) is 11.4 Å². The molecular weight excluding hydrogens is 721 g/mol. The zero-order valence-electron chi connectivity index (χ0n) is 32.8. The number of carbonyl (C=O) groups excluding carboxylic acids is 6. The number of hydrogen-bond acceptors (Lipinski definition) is 12. The monoisotopic (exact) mass is 774 g/mol. The summed E-state index contributed by atoms with van der Waals surface area (Å²) in [7, 11) is 0. The largest absolute Gasteiger partial charge is 0.240 e. The summed E-state index contributed by atoms with van der Waals surface area (Å²) in [5, 5.41) is 0. The molecule has 2 aromatic carbocycles. The Balaban J connectivity index is 0.000000189. The fourth-order valence-electron chi connectivity index (χ4n) is 9.13. The van der Waals surface area contributed by atoms with Crippen LogP contribution in [0.5, 0.6) is 0 Å². The molecule has 4 aliphatic carbocycles. The molecule has 2 atom stereocenters. The molecule has 0 saturated heterocycles. The third-order valence-electron chi connectivity index (χ3n) is 12.2. The number of para-hydroxylation sites is 1. The van der Waals surface area contributed by atoms with Crippen molar-refractivity contribution in [2.45, 2.75) is 146 Å². The lowest BCUT2D eigenvalue weighted by molar-refractivity contribution is 0.214. The maximum absolute atomic E-state index is 10.5. The Kier molecular flexibility index (Phi) is 20.1. The molecule has 0 bridgehead atoms. The van der Waals surface area contributed by atoms with Gasteiger partial charge in [0.05, 0.1) is 35.5 Å². The van der Waals surface area contributed by atoms with Gasteiger partial charge in [0.15, 0.2) is 0 Å². The minimum Gasteiger partial charge on any atom is -0.211 e. The minimum atomic E-state index is 0.198. The summed E-state index contributed by atoms with van der Waals surface area (Å²) < 4.78 is 0. The zero-order valence-corrected chi connectivity index (χ0v) is 32.8. The predicted molar refractivity (Wildman–Crippen MR) is 216 cm³/mol. The Labute approximate surface area is 335 Å². The lowest BCUT2D eigenvalue weighted by Gasteiger charge is -2.33. The fraction of sp³-hybridized carbons (Fsp3) is 0.600. The predicted octanol–water partition coefficient (Wildman–Crippen LogP) is 9.54. The third-order valence-corrected chi connectivity index (χ3v) is 12.2. The van der Waals surface area contributed by atoms with E-state index in [4.69, 9.17) is 0 Å².